The molecule has 1 aromatic carbocycles. The number of nitrogens with zero attached hydrogens (tertiary/aromatic N) is 3. The zero-order valence-corrected chi connectivity index (χ0v) is 13.5. The quantitative estimate of drug-likeness (QED) is 0.919. The number of benzene rings is 1. The van der Waals surface area contributed by atoms with E-state index in [0.29, 0.717) is 0 Å². The fraction of sp³-hybridized carbons (Fsp3) is 0.444. The molecule has 0 aliphatic carbocycles. The van der Waals surface area contributed by atoms with Crippen LogP contribution in [0.4, 0.5) is 5.82 Å². The predicted molar refractivity (Wildman–Crippen MR) is 89.8 cm³/mol. The number of aromatic nitrogens is 2. The van der Waals surface area contributed by atoms with E-state index in [-0.39, 0.29) is 0 Å². The summed E-state index contributed by atoms with van der Waals surface area (Å²) < 4.78 is 0. The molecular weight excluding hydrogens is 272 g/mol. The molecule has 0 atom stereocenters. The second-order valence-electron chi connectivity index (χ2n) is 6.09. The highest BCUT2D eigenvalue weighted by Crippen LogP contribution is 2.16. The lowest BCUT2D eigenvalue weighted by atomic mass is 10.1. The number of aryl methyl sites for hydroxylation is 1. The van der Waals surface area contributed by atoms with Gasteiger partial charge in [-0.2, -0.15) is 0 Å². The van der Waals surface area contributed by atoms with Crippen molar-refractivity contribution < 1.29 is 0 Å². The Labute approximate surface area is 132 Å². The molecule has 1 aromatic heterocycles. The summed E-state index contributed by atoms with van der Waals surface area (Å²) in [5, 5.41) is 3.40. The molecule has 3 rings (SSSR count). The number of hydrogen-bond donors (Lipinski definition) is 1. The van der Waals surface area contributed by atoms with Gasteiger partial charge in [0.1, 0.15) is 12.1 Å². The predicted octanol–water partition coefficient (Wildman–Crippen LogP) is 3.30. The first kappa shape index (κ1) is 15.0. The summed E-state index contributed by atoms with van der Waals surface area (Å²) in [5.41, 5.74) is 4.83. The highest BCUT2D eigenvalue weighted by atomic mass is 15.1. The maximum atomic E-state index is 4.31. The van der Waals surface area contributed by atoms with Gasteiger partial charge in [0.2, 0.25) is 0 Å². The average molecular weight is 296 g/mol. The van der Waals surface area contributed by atoms with Gasteiger partial charge in [0.25, 0.3) is 0 Å². The first-order valence-electron chi connectivity index (χ1n) is 8.04. The van der Waals surface area contributed by atoms with Crippen LogP contribution in [0.3, 0.4) is 0 Å². The summed E-state index contributed by atoms with van der Waals surface area (Å²) in [6, 6.07) is 8.91. The largest absolute Gasteiger partial charge is 0.366 e. The fourth-order valence-electron chi connectivity index (χ4n) is 2.86. The molecule has 1 aliphatic rings. The van der Waals surface area contributed by atoms with E-state index in [0.717, 1.165) is 30.2 Å². The molecule has 0 saturated carbocycles. The van der Waals surface area contributed by atoms with Crippen molar-refractivity contribution in [1.29, 1.82) is 0 Å². The molecule has 1 aliphatic heterocycles. The molecule has 0 unspecified atom stereocenters. The standard InChI is InChI=1S/C18H24N4/c1-14-15(2)20-13-21-18(14)19-11-16-5-7-17(8-6-16)12-22-9-3-4-10-22/h5-8,13H,3-4,9-12H2,1-2H3,(H,19,20,21). The first-order valence-corrected chi connectivity index (χ1v) is 8.04. The number of likely N-dealkylation sites (tertiary alicyclic amines) is 1. The van der Waals surface area contributed by atoms with Crippen molar-refractivity contribution in [1.82, 2.24) is 14.9 Å². The van der Waals surface area contributed by atoms with Gasteiger partial charge in [-0.25, -0.2) is 9.97 Å². The van der Waals surface area contributed by atoms with Crippen molar-refractivity contribution in [2.75, 3.05) is 18.4 Å². The molecule has 0 amide bonds. The smallest absolute Gasteiger partial charge is 0.132 e. The first-order chi connectivity index (χ1) is 10.7. The maximum absolute atomic E-state index is 4.31. The molecule has 0 radical (unpaired) electrons. The van der Waals surface area contributed by atoms with Crippen LogP contribution in [0.1, 0.15) is 35.2 Å². The zero-order chi connectivity index (χ0) is 15.4. The minimum absolute atomic E-state index is 0.793. The van der Waals surface area contributed by atoms with Gasteiger partial charge >= 0.3 is 0 Å². The summed E-state index contributed by atoms with van der Waals surface area (Å²) in [6.07, 6.45) is 4.31. The van der Waals surface area contributed by atoms with E-state index in [2.05, 4.69) is 51.4 Å². The Morgan fingerprint density at radius 1 is 1.00 bits per heavy atom. The number of hydrogen-bond acceptors (Lipinski definition) is 4. The van der Waals surface area contributed by atoms with Crippen molar-refractivity contribution in [2.45, 2.75) is 39.8 Å². The molecule has 0 bridgehead atoms. The molecule has 2 aromatic rings. The van der Waals surface area contributed by atoms with Gasteiger partial charge in [-0.3, -0.25) is 4.90 Å². The molecular formula is C18H24N4. The lowest BCUT2D eigenvalue weighted by molar-refractivity contribution is 0.331. The fourth-order valence-corrected chi connectivity index (χ4v) is 2.86. The van der Waals surface area contributed by atoms with E-state index in [1.165, 1.54) is 37.1 Å². The SMILES string of the molecule is Cc1ncnc(NCc2ccc(CN3CCCC3)cc2)c1C. The van der Waals surface area contributed by atoms with Crippen LogP contribution in [0.5, 0.6) is 0 Å². The Morgan fingerprint density at radius 2 is 1.68 bits per heavy atom. The third-order valence-electron chi connectivity index (χ3n) is 4.42. The van der Waals surface area contributed by atoms with Crippen molar-refractivity contribution in [2.24, 2.45) is 0 Å². The van der Waals surface area contributed by atoms with Crippen LogP contribution in [0, 0.1) is 13.8 Å². The average Bonchev–Trinajstić information content (AvgIpc) is 3.03. The molecule has 4 heteroatoms. The van der Waals surface area contributed by atoms with E-state index < -0.39 is 0 Å². The molecule has 4 nitrogen and oxygen atoms in total. The van der Waals surface area contributed by atoms with Crippen molar-refractivity contribution >= 4 is 5.82 Å². The third-order valence-corrected chi connectivity index (χ3v) is 4.42. The van der Waals surface area contributed by atoms with Gasteiger partial charge in [-0.15, -0.1) is 0 Å². The van der Waals surface area contributed by atoms with Crippen LogP contribution in [-0.2, 0) is 13.1 Å². The zero-order valence-electron chi connectivity index (χ0n) is 13.5. The Balaban J connectivity index is 1.57. The second kappa shape index (κ2) is 6.88. The Morgan fingerprint density at radius 3 is 2.41 bits per heavy atom. The van der Waals surface area contributed by atoms with Gasteiger partial charge in [0.15, 0.2) is 0 Å². The van der Waals surface area contributed by atoms with Gasteiger partial charge in [-0.1, -0.05) is 24.3 Å². The summed E-state index contributed by atoms with van der Waals surface area (Å²) in [5.74, 6) is 0.925. The topological polar surface area (TPSA) is 41.1 Å². The van der Waals surface area contributed by atoms with Crippen LogP contribution >= 0.6 is 0 Å². The van der Waals surface area contributed by atoms with Gasteiger partial charge in [-0.05, 0) is 50.9 Å². The minimum atomic E-state index is 0.793. The Hall–Kier alpha value is -1.94. The number of anilines is 1. The maximum Gasteiger partial charge on any atom is 0.132 e. The molecule has 1 fully saturated rings. The van der Waals surface area contributed by atoms with Gasteiger partial charge in [0, 0.05) is 24.3 Å². The van der Waals surface area contributed by atoms with Gasteiger partial charge in [0.05, 0.1) is 0 Å². The normalized spacial score (nSPS) is 15.2. The summed E-state index contributed by atoms with van der Waals surface area (Å²) in [7, 11) is 0. The number of rotatable bonds is 5. The molecule has 1 saturated heterocycles. The molecule has 22 heavy (non-hydrogen) atoms. The van der Waals surface area contributed by atoms with E-state index >= 15 is 0 Å². The highest BCUT2D eigenvalue weighted by molar-refractivity contribution is 5.45. The van der Waals surface area contributed by atoms with Crippen LogP contribution in [0.25, 0.3) is 0 Å². The van der Waals surface area contributed by atoms with Crippen LogP contribution < -0.4 is 5.32 Å². The monoisotopic (exact) mass is 296 g/mol. The Kier molecular flexibility index (Phi) is 4.68. The molecule has 0 spiro atoms. The van der Waals surface area contributed by atoms with E-state index in [4.69, 9.17) is 0 Å². The lowest BCUT2D eigenvalue weighted by Crippen LogP contribution is -2.18. The van der Waals surface area contributed by atoms with Crippen molar-refractivity contribution in [3.05, 3.63) is 53.0 Å². The summed E-state index contributed by atoms with van der Waals surface area (Å²) in [4.78, 5) is 11.0. The molecule has 1 N–H and O–H groups in total. The van der Waals surface area contributed by atoms with Gasteiger partial charge < -0.3 is 5.32 Å². The van der Waals surface area contributed by atoms with Crippen LogP contribution in [0.15, 0.2) is 30.6 Å². The van der Waals surface area contributed by atoms with E-state index in [9.17, 15) is 0 Å². The minimum Gasteiger partial charge on any atom is -0.366 e. The number of nitrogens with one attached hydrogen (secondary N) is 1. The van der Waals surface area contributed by atoms with E-state index in [1.54, 1.807) is 6.33 Å². The molecule has 2 heterocycles. The van der Waals surface area contributed by atoms with Crippen molar-refractivity contribution in [3.63, 3.8) is 0 Å². The summed E-state index contributed by atoms with van der Waals surface area (Å²) >= 11 is 0. The van der Waals surface area contributed by atoms with E-state index in [1.807, 2.05) is 6.92 Å². The summed E-state index contributed by atoms with van der Waals surface area (Å²) in [6.45, 7) is 8.43. The Bertz CT molecular complexity index is 615. The van der Waals surface area contributed by atoms with Crippen molar-refractivity contribution in [3.8, 4) is 0 Å². The lowest BCUT2D eigenvalue weighted by Gasteiger charge is -2.15. The van der Waals surface area contributed by atoms with Crippen LogP contribution in [0.2, 0.25) is 0 Å². The highest BCUT2D eigenvalue weighted by Gasteiger charge is 2.11. The third kappa shape index (κ3) is 3.63. The molecule has 116 valence electrons. The van der Waals surface area contributed by atoms with Crippen LogP contribution in [-0.4, -0.2) is 28.0 Å². The second-order valence-corrected chi connectivity index (χ2v) is 6.09.